The normalized spacial score (nSPS) is 10.1. The molecule has 114 valence electrons. The van der Waals surface area contributed by atoms with E-state index in [1.807, 2.05) is 26.0 Å². The summed E-state index contributed by atoms with van der Waals surface area (Å²) in [6.07, 6.45) is 0. The van der Waals surface area contributed by atoms with Gasteiger partial charge in [0.05, 0.1) is 4.92 Å². The number of carbonyl (C=O) groups excluding carboxylic acids is 1. The van der Waals surface area contributed by atoms with Crippen LogP contribution in [0.2, 0.25) is 0 Å². The van der Waals surface area contributed by atoms with Crippen LogP contribution < -0.4 is 10.1 Å². The first-order valence-corrected chi connectivity index (χ1v) is 6.70. The Morgan fingerprint density at radius 3 is 2.68 bits per heavy atom. The van der Waals surface area contributed by atoms with Crippen LogP contribution in [0.1, 0.15) is 11.1 Å². The summed E-state index contributed by atoms with van der Waals surface area (Å²) in [5, 5.41) is 13.3. The van der Waals surface area contributed by atoms with Crippen LogP contribution in [0, 0.1) is 24.0 Å². The predicted octanol–water partition coefficient (Wildman–Crippen LogP) is 3.23. The molecule has 6 heteroatoms. The van der Waals surface area contributed by atoms with Gasteiger partial charge in [0, 0.05) is 17.8 Å². The molecule has 0 heterocycles. The molecule has 0 aromatic heterocycles. The molecule has 1 amide bonds. The van der Waals surface area contributed by atoms with E-state index in [2.05, 4.69) is 5.32 Å². The van der Waals surface area contributed by atoms with Crippen LogP contribution in [0.4, 0.5) is 11.4 Å². The predicted molar refractivity (Wildman–Crippen MR) is 83.1 cm³/mol. The zero-order valence-electron chi connectivity index (χ0n) is 12.3. The van der Waals surface area contributed by atoms with Gasteiger partial charge in [-0.3, -0.25) is 14.9 Å². The Morgan fingerprint density at radius 1 is 1.23 bits per heavy atom. The summed E-state index contributed by atoms with van der Waals surface area (Å²) in [4.78, 5) is 22.0. The van der Waals surface area contributed by atoms with Crippen molar-refractivity contribution < 1.29 is 14.5 Å². The number of rotatable bonds is 5. The Labute approximate surface area is 127 Å². The van der Waals surface area contributed by atoms with E-state index in [0.717, 1.165) is 11.1 Å². The molecule has 0 aliphatic heterocycles. The summed E-state index contributed by atoms with van der Waals surface area (Å²) in [7, 11) is 0. The number of nitrogens with zero attached hydrogens (tertiary/aromatic N) is 1. The number of nitro groups is 1. The highest BCUT2D eigenvalue weighted by Crippen LogP contribution is 2.21. The number of hydrogen-bond donors (Lipinski definition) is 1. The first-order valence-electron chi connectivity index (χ1n) is 6.70. The summed E-state index contributed by atoms with van der Waals surface area (Å²) < 4.78 is 5.48. The van der Waals surface area contributed by atoms with Crippen molar-refractivity contribution in [1.82, 2.24) is 0 Å². The second-order valence-corrected chi connectivity index (χ2v) is 4.84. The van der Waals surface area contributed by atoms with Crippen molar-refractivity contribution >= 4 is 17.3 Å². The molecule has 0 saturated heterocycles. The van der Waals surface area contributed by atoms with Gasteiger partial charge in [0.25, 0.3) is 11.6 Å². The van der Waals surface area contributed by atoms with Crippen LogP contribution in [0.15, 0.2) is 42.5 Å². The van der Waals surface area contributed by atoms with Crippen LogP contribution >= 0.6 is 0 Å². The molecular weight excluding hydrogens is 284 g/mol. The van der Waals surface area contributed by atoms with E-state index in [9.17, 15) is 14.9 Å². The molecule has 6 nitrogen and oxygen atoms in total. The number of nitro benzene ring substituents is 1. The van der Waals surface area contributed by atoms with Crippen molar-refractivity contribution in [1.29, 1.82) is 0 Å². The molecule has 2 aromatic rings. The number of benzene rings is 2. The highest BCUT2D eigenvalue weighted by atomic mass is 16.6. The van der Waals surface area contributed by atoms with E-state index >= 15 is 0 Å². The summed E-state index contributed by atoms with van der Waals surface area (Å²) >= 11 is 0. The molecule has 0 fully saturated rings. The maximum Gasteiger partial charge on any atom is 0.271 e. The van der Waals surface area contributed by atoms with Gasteiger partial charge in [-0.05, 0) is 37.1 Å². The van der Waals surface area contributed by atoms with Crippen LogP contribution in [-0.2, 0) is 4.79 Å². The smallest absolute Gasteiger partial charge is 0.271 e. The number of anilines is 1. The van der Waals surface area contributed by atoms with E-state index < -0.39 is 4.92 Å². The highest BCUT2D eigenvalue weighted by molar-refractivity contribution is 5.92. The van der Waals surface area contributed by atoms with E-state index in [0.29, 0.717) is 11.4 Å². The maximum absolute atomic E-state index is 11.9. The van der Waals surface area contributed by atoms with Gasteiger partial charge in [0.1, 0.15) is 5.75 Å². The van der Waals surface area contributed by atoms with Crippen molar-refractivity contribution in [2.75, 3.05) is 11.9 Å². The summed E-state index contributed by atoms with van der Waals surface area (Å²) in [5.74, 6) is 0.274. The molecule has 0 aliphatic rings. The SMILES string of the molecule is Cc1cccc(OCC(=O)Nc2cccc([N+](=O)[O-])c2)c1C. The molecule has 2 rings (SSSR count). The van der Waals surface area contributed by atoms with Crippen molar-refractivity contribution in [3.05, 3.63) is 63.7 Å². The van der Waals surface area contributed by atoms with Crippen LogP contribution in [0.3, 0.4) is 0 Å². The molecule has 0 aliphatic carbocycles. The molecule has 0 unspecified atom stereocenters. The summed E-state index contributed by atoms with van der Waals surface area (Å²) in [6.45, 7) is 3.72. The van der Waals surface area contributed by atoms with Crippen molar-refractivity contribution in [2.24, 2.45) is 0 Å². The first-order chi connectivity index (χ1) is 10.5. The Morgan fingerprint density at radius 2 is 1.95 bits per heavy atom. The number of amides is 1. The fourth-order valence-electron chi connectivity index (χ4n) is 1.92. The molecule has 0 radical (unpaired) electrons. The molecule has 22 heavy (non-hydrogen) atoms. The van der Waals surface area contributed by atoms with Crippen LogP contribution in [0.25, 0.3) is 0 Å². The Kier molecular flexibility index (Phi) is 4.73. The Balaban J connectivity index is 1.97. The summed E-state index contributed by atoms with van der Waals surface area (Å²) in [6, 6.07) is 11.4. The monoisotopic (exact) mass is 300 g/mol. The largest absolute Gasteiger partial charge is 0.483 e. The van der Waals surface area contributed by atoms with Gasteiger partial charge in [-0.25, -0.2) is 0 Å². The van der Waals surface area contributed by atoms with Gasteiger partial charge in [-0.2, -0.15) is 0 Å². The van der Waals surface area contributed by atoms with E-state index in [1.54, 1.807) is 12.1 Å². The maximum atomic E-state index is 11.9. The van der Waals surface area contributed by atoms with Crippen molar-refractivity contribution in [3.63, 3.8) is 0 Å². The first kappa shape index (κ1) is 15.5. The summed E-state index contributed by atoms with van der Waals surface area (Å²) in [5.41, 5.74) is 2.35. The van der Waals surface area contributed by atoms with Gasteiger partial charge < -0.3 is 10.1 Å². The second kappa shape index (κ2) is 6.71. The van der Waals surface area contributed by atoms with Gasteiger partial charge in [0.15, 0.2) is 6.61 Å². The average molecular weight is 300 g/mol. The molecule has 0 atom stereocenters. The Bertz CT molecular complexity index is 713. The van der Waals surface area contributed by atoms with Gasteiger partial charge in [-0.15, -0.1) is 0 Å². The standard InChI is InChI=1S/C16H16N2O4/c1-11-5-3-8-15(12(11)2)22-10-16(19)17-13-6-4-7-14(9-13)18(20)21/h3-9H,10H2,1-2H3,(H,17,19). The lowest BCUT2D eigenvalue weighted by atomic mass is 10.1. The van der Waals surface area contributed by atoms with Crippen molar-refractivity contribution in [3.8, 4) is 5.75 Å². The zero-order valence-corrected chi connectivity index (χ0v) is 12.3. The lowest BCUT2D eigenvalue weighted by Crippen LogP contribution is -2.20. The molecular formula is C16H16N2O4. The molecule has 2 aromatic carbocycles. The lowest BCUT2D eigenvalue weighted by Gasteiger charge is -2.11. The molecule has 1 N–H and O–H groups in total. The highest BCUT2D eigenvalue weighted by Gasteiger charge is 2.09. The van der Waals surface area contributed by atoms with E-state index in [-0.39, 0.29) is 18.2 Å². The minimum Gasteiger partial charge on any atom is -0.483 e. The number of hydrogen-bond acceptors (Lipinski definition) is 4. The third-order valence-electron chi connectivity index (χ3n) is 3.25. The number of ether oxygens (including phenoxy) is 1. The third-order valence-corrected chi connectivity index (χ3v) is 3.25. The Hall–Kier alpha value is -2.89. The van der Waals surface area contributed by atoms with E-state index in [4.69, 9.17) is 4.74 Å². The topological polar surface area (TPSA) is 81.5 Å². The lowest BCUT2D eigenvalue weighted by molar-refractivity contribution is -0.384. The van der Waals surface area contributed by atoms with Gasteiger partial charge in [0.2, 0.25) is 0 Å². The molecule has 0 spiro atoms. The minimum absolute atomic E-state index is 0.0757. The molecule has 0 bridgehead atoms. The number of nitrogens with one attached hydrogen (secondary N) is 1. The number of aryl methyl sites for hydroxylation is 1. The minimum atomic E-state index is -0.512. The number of non-ortho nitro benzene ring substituents is 1. The van der Waals surface area contributed by atoms with Crippen LogP contribution in [0.5, 0.6) is 5.75 Å². The van der Waals surface area contributed by atoms with Gasteiger partial charge in [-0.1, -0.05) is 18.2 Å². The average Bonchev–Trinajstić information content (AvgIpc) is 2.49. The number of carbonyl (C=O) groups is 1. The third kappa shape index (κ3) is 3.82. The van der Waals surface area contributed by atoms with Crippen LogP contribution in [-0.4, -0.2) is 17.4 Å². The fourth-order valence-corrected chi connectivity index (χ4v) is 1.92. The second-order valence-electron chi connectivity index (χ2n) is 4.84. The molecule has 0 saturated carbocycles. The quantitative estimate of drug-likeness (QED) is 0.679. The van der Waals surface area contributed by atoms with E-state index in [1.165, 1.54) is 18.2 Å². The fraction of sp³-hybridized carbons (Fsp3) is 0.188. The van der Waals surface area contributed by atoms with Crippen molar-refractivity contribution in [2.45, 2.75) is 13.8 Å². The van der Waals surface area contributed by atoms with Gasteiger partial charge >= 0.3 is 0 Å². The zero-order chi connectivity index (χ0) is 16.1.